The van der Waals surface area contributed by atoms with Gasteiger partial charge in [0.2, 0.25) is 0 Å². The normalized spacial score (nSPS) is 10.7. The number of hydrogen-bond acceptors (Lipinski definition) is 3. The van der Waals surface area contributed by atoms with E-state index in [-0.39, 0.29) is 5.91 Å². The third kappa shape index (κ3) is 4.31. The molecular weight excluding hydrogens is 286 g/mol. The highest BCUT2D eigenvalue weighted by Gasteiger charge is 2.09. The summed E-state index contributed by atoms with van der Waals surface area (Å²) in [6.07, 6.45) is 1.75. The molecule has 0 atom stereocenters. The predicted octanol–water partition coefficient (Wildman–Crippen LogP) is 4.30. The lowest BCUT2D eigenvalue weighted by Gasteiger charge is -2.20. The lowest BCUT2D eigenvalue weighted by atomic mass is 10.0. The largest absolute Gasteiger partial charge is 0.371 e. The van der Waals surface area contributed by atoms with Gasteiger partial charge in [-0.1, -0.05) is 26.0 Å². The SMILES string of the molecule is CCN(CC)c1ccc(C(=O)Nc2ccc(C(C)C)cc2)nc1. The summed E-state index contributed by atoms with van der Waals surface area (Å²) in [7, 11) is 0. The van der Waals surface area contributed by atoms with Gasteiger partial charge in [-0.3, -0.25) is 4.79 Å². The molecule has 0 bridgehead atoms. The molecule has 4 nitrogen and oxygen atoms in total. The van der Waals surface area contributed by atoms with Crippen molar-refractivity contribution in [2.45, 2.75) is 33.6 Å². The maximum absolute atomic E-state index is 12.3. The van der Waals surface area contributed by atoms with Gasteiger partial charge < -0.3 is 10.2 Å². The first kappa shape index (κ1) is 17.0. The lowest BCUT2D eigenvalue weighted by Crippen LogP contribution is -2.22. The minimum Gasteiger partial charge on any atom is -0.371 e. The van der Waals surface area contributed by atoms with Gasteiger partial charge in [0, 0.05) is 18.8 Å². The van der Waals surface area contributed by atoms with Crippen molar-refractivity contribution in [3.8, 4) is 0 Å². The Balaban J connectivity index is 2.05. The van der Waals surface area contributed by atoms with Crippen LogP contribution in [0.3, 0.4) is 0 Å². The second-order valence-corrected chi connectivity index (χ2v) is 5.80. The highest BCUT2D eigenvalue weighted by molar-refractivity contribution is 6.02. The Morgan fingerprint density at radius 1 is 1.09 bits per heavy atom. The van der Waals surface area contributed by atoms with Gasteiger partial charge in [-0.25, -0.2) is 4.98 Å². The van der Waals surface area contributed by atoms with Crippen molar-refractivity contribution >= 4 is 17.3 Å². The number of amides is 1. The average Bonchev–Trinajstić information content (AvgIpc) is 2.57. The number of benzene rings is 1. The van der Waals surface area contributed by atoms with Crippen molar-refractivity contribution in [3.63, 3.8) is 0 Å². The molecule has 0 aliphatic heterocycles. The number of anilines is 2. The summed E-state index contributed by atoms with van der Waals surface area (Å²) in [5, 5.41) is 2.89. The zero-order valence-electron chi connectivity index (χ0n) is 14.3. The van der Waals surface area contributed by atoms with Crippen LogP contribution in [0.25, 0.3) is 0 Å². The van der Waals surface area contributed by atoms with Gasteiger partial charge in [-0.2, -0.15) is 0 Å². The van der Waals surface area contributed by atoms with E-state index in [1.165, 1.54) is 5.56 Å². The Morgan fingerprint density at radius 2 is 1.74 bits per heavy atom. The molecule has 0 aliphatic carbocycles. The lowest BCUT2D eigenvalue weighted by molar-refractivity contribution is 0.102. The quantitative estimate of drug-likeness (QED) is 0.865. The second-order valence-electron chi connectivity index (χ2n) is 5.80. The number of carbonyl (C=O) groups is 1. The van der Waals surface area contributed by atoms with Crippen molar-refractivity contribution in [2.75, 3.05) is 23.3 Å². The topological polar surface area (TPSA) is 45.2 Å². The maximum atomic E-state index is 12.3. The van der Waals surface area contributed by atoms with Crippen LogP contribution in [0.15, 0.2) is 42.6 Å². The summed E-state index contributed by atoms with van der Waals surface area (Å²) in [6.45, 7) is 10.3. The van der Waals surface area contributed by atoms with Crippen molar-refractivity contribution < 1.29 is 4.79 Å². The third-order valence-corrected chi connectivity index (χ3v) is 3.94. The monoisotopic (exact) mass is 311 g/mol. The summed E-state index contributed by atoms with van der Waals surface area (Å²) in [5.74, 6) is 0.294. The van der Waals surface area contributed by atoms with Gasteiger partial charge in [0.05, 0.1) is 11.9 Å². The first-order chi connectivity index (χ1) is 11.0. The number of hydrogen-bond donors (Lipinski definition) is 1. The molecule has 0 radical (unpaired) electrons. The van der Waals surface area contributed by atoms with E-state index in [4.69, 9.17) is 0 Å². The van der Waals surface area contributed by atoms with Crippen LogP contribution in [0, 0.1) is 0 Å². The highest BCUT2D eigenvalue weighted by atomic mass is 16.1. The molecular formula is C19H25N3O. The summed E-state index contributed by atoms with van der Waals surface area (Å²) in [4.78, 5) is 18.7. The fourth-order valence-corrected chi connectivity index (χ4v) is 2.44. The van der Waals surface area contributed by atoms with Gasteiger partial charge in [-0.05, 0) is 49.6 Å². The Bertz CT molecular complexity index is 629. The number of pyridine rings is 1. The van der Waals surface area contributed by atoms with Crippen LogP contribution in [-0.4, -0.2) is 24.0 Å². The molecule has 0 saturated heterocycles. The first-order valence-corrected chi connectivity index (χ1v) is 8.17. The molecule has 1 heterocycles. The number of rotatable bonds is 6. The molecule has 1 N–H and O–H groups in total. The van der Waals surface area contributed by atoms with Gasteiger partial charge in [0.1, 0.15) is 5.69 Å². The molecule has 0 aliphatic rings. The smallest absolute Gasteiger partial charge is 0.274 e. The molecule has 0 unspecified atom stereocenters. The van der Waals surface area contributed by atoms with Gasteiger partial charge in [0.25, 0.3) is 5.91 Å². The minimum absolute atomic E-state index is 0.187. The second kappa shape index (κ2) is 7.77. The predicted molar refractivity (Wildman–Crippen MR) is 96.3 cm³/mol. The average molecular weight is 311 g/mol. The summed E-state index contributed by atoms with van der Waals surface area (Å²) >= 11 is 0. The van der Waals surface area contributed by atoms with E-state index in [0.29, 0.717) is 11.6 Å². The standard InChI is InChI=1S/C19H25N3O/c1-5-22(6-2)17-11-12-18(20-13-17)19(23)21-16-9-7-15(8-10-16)14(3)4/h7-14H,5-6H2,1-4H3,(H,21,23). The minimum atomic E-state index is -0.187. The van der Waals surface area contributed by atoms with Crippen LogP contribution in [-0.2, 0) is 0 Å². The van der Waals surface area contributed by atoms with Crippen LogP contribution in [0.2, 0.25) is 0 Å². The van der Waals surface area contributed by atoms with Crippen LogP contribution in [0.1, 0.15) is 49.7 Å². The van der Waals surface area contributed by atoms with E-state index < -0.39 is 0 Å². The fraction of sp³-hybridized carbons (Fsp3) is 0.368. The number of aromatic nitrogens is 1. The Hall–Kier alpha value is -2.36. The summed E-state index contributed by atoms with van der Waals surface area (Å²) in [5.41, 5.74) is 3.50. The first-order valence-electron chi connectivity index (χ1n) is 8.17. The highest BCUT2D eigenvalue weighted by Crippen LogP contribution is 2.18. The molecule has 0 spiro atoms. The van der Waals surface area contributed by atoms with Crippen molar-refractivity contribution in [2.24, 2.45) is 0 Å². The fourth-order valence-electron chi connectivity index (χ4n) is 2.44. The van der Waals surface area contributed by atoms with Crippen LogP contribution in [0.5, 0.6) is 0 Å². The van der Waals surface area contributed by atoms with Crippen molar-refractivity contribution in [1.82, 2.24) is 4.98 Å². The van der Waals surface area contributed by atoms with E-state index in [1.54, 1.807) is 12.3 Å². The van der Waals surface area contributed by atoms with Crippen molar-refractivity contribution in [1.29, 1.82) is 0 Å². The van der Waals surface area contributed by atoms with Crippen LogP contribution >= 0.6 is 0 Å². The Labute approximate surface area is 138 Å². The zero-order valence-corrected chi connectivity index (χ0v) is 14.3. The molecule has 1 amide bonds. The summed E-state index contributed by atoms with van der Waals surface area (Å²) < 4.78 is 0. The molecule has 1 aromatic carbocycles. The molecule has 0 saturated carbocycles. The van der Waals surface area contributed by atoms with E-state index in [2.05, 4.69) is 42.9 Å². The molecule has 2 aromatic rings. The number of nitrogens with one attached hydrogen (secondary N) is 1. The van der Waals surface area contributed by atoms with E-state index in [9.17, 15) is 4.79 Å². The summed E-state index contributed by atoms with van der Waals surface area (Å²) in [6, 6.07) is 11.6. The van der Waals surface area contributed by atoms with E-state index in [0.717, 1.165) is 24.5 Å². The molecule has 2 rings (SSSR count). The van der Waals surface area contributed by atoms with Crippen LogP contribution in [0.4, 0.5) is 11.4 Å². The molecule has 23 heavy (non-hydrogen) atoms. The Morgan fingerprint density at radius 3 is 2.22 bits per heavy atom. The van der Waals surface area contributed by atoms with Gasteiger partial charge >= 0.3 is 0 Å². The molecule has 122 valence electrons. The zero-order chi connectivity index (χ0) is 16.8. The van der Waals surface area contributed by atoms with E-state index >= 15 is 0 Å². The van der Waals surface area contributed by atoms with Gasteiger partial charge in [0.15, 0.2) is 0 Å². The molecule has 1 aromatic heterocycles. The van der Waals surface area contributed by atoms with Crippen LogP contribution < -0.4 is 10.2 Å². The van der Waals surface area contributed by atoms with Crippen molar-refractivity contribution in [3.05, 3.63) is 53.9 Å². The Kier molecular flexibility index (Phi) is 5.74. The molecule has 0 fully saturated rings. The maximum Gasteiger partial charge on any atom is 0.274 e. The van der Waals surface area contributed by atoms with E-state index in [1.807, 2.05) is 30.3 Å². The third-order valence-electron chi connectivity index (χ3n) is 3.94. The number of nitrogens with zero attached hydrogens (tertiary/aromatic N) is 2. The molecule has 4 heteroatoms. The van der Waals surface area contributed by atoms with Gasteiger partial charge in [-0.15, -0.1) is 0 Å². The number of carbonyl (C=O) groups excluding carboxylic acids is 1.